The summed E-state index contributed by atoms with van der Waals surface area (Å²) in [6.45, 7) is 3.03. The fourth-order valence-electron chi connectivity index (χ4n) is 3.48. The second kappa shape index (κ2) is 8.81. The van der Waals surface area contributed by atoms with E-state index in [4.69, 9.17) is 9.47 Å². The van der Waals surface area contributed by atoms with Gasteiger partial charge in [0.25, 0.3) is 0 Å². The first-order valence-corrected chi connectivity index (χ1v) is 9.25. The van der Waals surface area contributed by atoms with Crippen LogP contribution in [-0.2, 0) is 17.6 Å². The normalized spacial score (nSPS) is 16.0. The highest BCUT2D eigenvalue weighted by molar-refractivity contribution is 5.87. The van der Waals surface area contributed by atoms with Gasteiger partial charge in [0.2, 0.25) is 0 Å². The largest absolute Gasteiger partial charge is 0.496 e. The number of carbonyl (C=O) groups excluding carboxylic acids is 1. The van der Waals surface area contributed by atoms with Crippen molar-refractivity contribution >= 4 is 5.97 Å². The number of esters is 1. The van der Waals surface area contributed by atoms with Gasteiger partial charge in [-0.25, -0.2) is 9.78 Å². The number of pyridine rings is 1. The molecule has 0 aliphatic heterocycles. The molecule has 1 heterocycles. The smallest absolute Gasteiger partial charge is 0.356 e. The third-order valence-electron chi connectivity index (χ3n) is 4.75. The molecule has 1 aromatic carbocycles. The van der Waals surface area contributed by atoms with E-state index in [-0.39, 0.29) is 12.0 Å². The molecule has 1 atom stereocenters. The van der Waals surface area contributed by atoms with Crippen LogP contribution in [0.4, 0.5) is 0 Å². The molecule has 5 heteroatoms. The molecule has 138 valence electrons. The van der Waals surface area contributed by atoms with Gasteiger partial charge in [0.1, 0.15) is 11.4 Å². The van der Waals surface area contributed by atoms with Crippen molar-refractivity contribution in [2.24, 2.45) is 0 Å². The van der Waals surface area contributed by atoms with Gasteiger partial charge in [-0.15, -0.1) is 0 Å². The highest BCUT2D eigenvalue weighted by Crippen LogP contribution is 2.29. The van der Waals surface area contributed by atoms with Gasteiger partial charge in [0.15, 0.2) is 0 Å². The van der Waals surface area contributed by atoms with Gasteiger partial charge in [-0.1, -0.05) is 24.3 Å². The summed E-state index contributed by atoms with van der Waals surface area (Å²) in [5.41, 5.74) is 3.82. The van der Waals surface area contributed by atoms with E-state index in [1.165, 1.54) is 11.1 Å². The molecule has 1 aliphatic rings. The lowest BCUT2D eigenvalue weighted by molar-refractivity contribution is 0.0519. The van der Waals surface area contributed by atoms with Crippen molar-refractivity contribution in [2.75, 3.05) is 20.3 Å². The lowest BCUT2D eigenvalue weighted by atomic mass is 9.91. The molecular weight excluding hydrogens is 328 g/mol. The van der Waals surface area contributed by atoms with Gasteiger partial charge >= 0.3 is 5.97 Å². The summed E-state index contributed by atoms with van der Waals surface area (Å²) in [5, 5.41) is 3.64. The third kappa shape index (κ3) is 4.22. The molecule has 1 aliphatic carbocycles. The molecule has 26 heavy (non-hydrogen) atoms. The number of nitrogens with zero attached hydrogens (tertiary/aromatic N) is 1. The van der Waals surface area contributed by atoms with E-state index < -0.39 is 0 Å². The lowest BCUT2D eigenvalue weighted by Gasteiger charge is -2.26. The number of nitrogens with one attached hydrogen (secondary N) is 1. The number of carbonyl (C=O) groups is 1. The molecular formula is C21H26N2O3. The first kappa shape index (κ1) is 18.4. The quantitative estimate of drug-likeness (QED) is 0.772. The van der Waals surface area contributed by atoms with E-state index in [0.29, 0.717) is 12.3 Å². The van der Waals surface area contributed by atoms with E-state index in [1.807, 2.05) is 24.3 Å². The lowest BCUT2D eigenvalue weighted by Crippen LogP contribution is -2.28. The number of aromatic nitrogens is 1. The van der Waals surface area contributed by atoms with Crippen LogP contribution in [0.5, 0.6) is 5.75 Å². The average molecular weight is 354 g/mol. The Balaban J connectivity index is 1.65. The number of fused-ring (bicyclic) bond motifs is 1. The summed E-state index contributed by atoms with van der Waals surface area (Å²) in [4.78, 5) is 16.4. The van der Waals surface area contributed by atoms with Crippen molar-refractivity contribution in [3.8, 4) is 5.75 Å². The van der Waals surface area contributed by atoms with Gasteiger partial charge in [0, 0.05) is 11.7 Å². The summed E-state index contributed by atoms with van der Waals surface area (Å²) >= 11 is 0. The van der Waals surface area contributed by atoms with Crippen molar-refractivity contribution in [3.05, 3.63) is 58.9 Å². The topological polar surface area (TPSA) is 60.5 Å². The van der Waals surface area contributed by atoms with Crippen LogP contribution in [0.25, 0.3) is 0 Å². The van der Waals surface area contributed by atoms with Crippen LogP contribution in [0.15, 0.2) is 36.4 Å². The first-order valence-electron chi connectivity index (χ1n) is 9.25. The number of benzene rings is 1. The van der Waals surface area contributed by atoms with Gasteiger partial charge in [-0.3, -0.25) is 0 Å². The van der Waals surface area contributed by atoms with Crippen LogP contribution in [-0.4, -0.2) is 31.2 Å². The first-order chi connectivity index (χ1) is 12.7. The molecule has 2 aromatic rings. The monoisotopic (exact) mass is 354 g/mol. The Bertz CT molecular complexity index is 761. The number of rotatable bonds is 7. The Labute approximate surface area is 154 Å². The Morgan fingerprint density at radius 1 is 1.27 bits per heavy atom. The summed E-state index contributed by atoms with van der Waals surface area (Å²) in [6.07, 6.45) is 3.97. The zero-order chi connectivity index (χ0) is 18.4. The minimum atomic E-state index is -0.346. The van der Waals surface area contributed by atoms with E-state index >= 15 is 0 Å². The molecule has 0 radical (unpaired) electrons. The van der Waals surface area contributed by atoms with E-state index in [1.54, 1.807) is 20.1 Å². The molecule has 3 rings (SSSR count). The minimum Gasteiger partial charge on any atom is -0.496 e. The SMILES string of the molecule is CCOC(=O)c1ccc2c(n1)CCCC2NCCc1ccccc1OC. The van der Waals surface area contributed by atoms with Gasteiger partial charge < -0.3 is 14.8 Å². The van der Waals surface area contributed by atoms with Crippen LogP contribution in [0.1, 0.15) is 53.1 Å². The Morgan fingerprint density at radius 2 is 2.12 bits per heavy atom. The highest BCUT2D eigenvalue weighted by atomic mass is 16.5. The fraction of sp³-hybridized carbons (Fsp3) is 0.429. The molecule has 1 unspecified atom stereocenters. The predicted molar refractivity (Wildman–Crippen MR) is 101 cm³/mol. The Morgan fingerprint density at radius 3 is 2.92 bits per heavy atom. The van der Waals surface area contributed by atoms with Gasteiger partial charge in [-0.2, -0.15) is 0 Å². The molecule has 0 amide bonds. The number of methoxy groups -OCH3 is 1. The number of para-hydroxylation sites is 1. The molecule has 0 bridgehead atoms. The van der Waals surface area contributed by atoms with Gasteiger partial charge in [-0.05, 0) is 62.4 Å². The summed E-state index contributed by atoms with van der Waals surface area (Å²) < 4.78 is 10.5. The Kier molecular flexibility index (Phi) is 6.23. The molecule has 1 aromatic heterocycles. The minimum absolute atomic E-state index is 0.275. The van der Waals surface area contributed by atoms with Crippen molar-refractivity contribution in [1.82, 2.24) is 10.3 Å². The summed E-state index contributed by atoms with van der Waals surface area (Å²) in [6, 6.07) is 12.2. The van der Waals surface area contributed by atoms with Crippen LogP contribution >= 0.6 is 0 Å². The van der Waals surface area contributed by atoms with Gasteiger partial charge in [0.05, 0.1) is 13.7 Å². The molecule has 5 nitrogen and oxygen atoms in total. The molecule has 1 N–H and O–H groups in total. The van der Waals surface area contributed by atoms with E-state index in [0.717, 1.165) is 43.7 Å². The zero-order valence-electron chi connectivity index (χ0n) is 15.5. The molecule has 0 fully saturated rings. The Hall–Kier alpha value is -2.40. The average Bonchev–Trinajstić information content (AvgIpc) is 2.68. The second-order valence-corrected chi connectivity index (χ2v) is 6.41. The number of aryl methyl sites for hydroxylation is 1. The highest BCUT2D eigenvalue weighted by Gasteiger charge is 2.22. The van der Waals surface area contributed by atoms with E-state index in [9.17, 15) is 4.79 Å². The second-order valence-electron chi connectivity index (χ2n) is 6.41. The van der Waals surface area contributed by atoms with Crippen molar-refractivity contribution in [1.29, 1.82) is 0 Å². The van der Waals surface area contributed by atoms with Crippen LogP contribution in [0.2, 0.25) is 0 Å². The summed E-state index contributed by atoms with van der Waals surface area (Å²) in [7, 11) is 1.70. The van der Waals surface area contributed by atoms with E-state index in [2.05, 4.69) is 16.4 Å². The number of ether oxygens (including phenoxy) is 2. The van der Waals surface area contributed by atoms with Crippen LogP contribution in [0, 0.1) is 0 Å². The number of hydrogen-bond donors (Lipinski definition) is 1. The van der Waals surface area contributed by atoms with Crippen LogP contribution < -0.4 is 10.1 Å². The maximum absolute atomic E-state index is 11.9. The fourth-order valence-corrected chi connectivity index (χ4v) is 3.48. The third-order valence-corrected chi connectivity index (χ3v) is 4.75. The van der Waals surface area contributed by atoms with Crippen LogP contribution in [0.3, 0.4) is 0 Å². The molecule has 0 spiro atoms. The zero-order valence-corrected chi connectivity index (χ0v) is 15.5. The standard InChI is InChI=1S/C21H26N2O3/c1-3-26-21(24)19-12-11-16-17(8-6-9-18(16)23-19)22-14-13-15-7-4-5-10-20(15)25-2/h4-5,7,10-12,17,22H,3,6,8-9,13-14H2,1-2H3. The maximum atomic E-state index is 11.9. The van der Waals surface area contributed by atoms with Crippen molar-refractivity contribution in [3.63, 3.8) is 0 Å². The molecule has 0 saturated heterocycles. The maximum Gasteiger partial charge on any atom is 0.356 e. The predicted octanol–water partition coefficient (Wildman–Crippen LogP) is 3.48. The molecule has 0 saturated carbocycles. The summed E-state index contributed by atoms with van der Waals surface area (Å²) in [5.74, 6) is 0.584. The number of hydrogen-bond acceptors (Lipinski definition) is 5. The van der Waals surface area contributed by atoms with Crippen molar-refractivity contribution in [2.45, 2.75) is 38.6 Å². The van der Waals surface area contributed by atoms with Crippen molar-refractivity contribution < 1.29 is 14.3 Å².